The second-order valence-corrected chi connectivity index (χ2v) is 3.56. The quantitative estimate of drug-likeness (QED) is 0.495. The molecule has 0 amide bonds. The summed E-state index contributed by atoms with van der Waals surface area (Å²) < 4.78 is 0. The van der Waals surface area contributed by atoms with Crippen molar-refractivity contribution in [1.82, 2.24) is 10.6 Å². The van der Waals surface area contributed by atoms with E-state index in [1.165, 1.54) is 0 Å². The Kier molecular flexibility index (Phi) is 1.92. The molecular weight excluding hydrogens is 140 g/mol. The van der Waals surface area contributed by atoms with Crippen LogP contribution >= 0.6 is 0 Å². The molecule has 2 fully saturated rings. The van der Waals surface area contributed by atoms with Gasteiger partial charge in [0.15, 0.2) is 0 Å². The van der Waals surface area contributed by atoms with E-state index < -0.39 is 0 Å². The molecule has 2 rings (SSSR count). The van der Waals surface area contributed by atoms with E-state index in [0.29, 0.717) is 0 Å². The highest BCUT2D eigenvalue weighted by molar-refractivity contribution is 5.57. The van der Waals surface area contributed by atoms with E-state index in [4.69, 9.17) is 0 Å². The summed E-state index contributed by atoms with van der Waals surface area (Å²) in [4.78, 5) is 10.5. The molecule has 2 aliphatic heterocycles. The molecule has 11 heavy (non-hydrogen) atoms. The van der Waals surface area contributed by atoms with Crippen molar-refractivity contribution in [3.8, 4) is 0 Å². The lowest BCUT2D eigenvalue weighted by Gasteiger charge is -2.29. The van der Waals surface area contributed by atoms with Gasteiger partial charge in [0.2, 0.25) is 0 Å². The Morgan fingerprint density at radius 2 is 2.00 bits per heavy atom. The maximum atomic E-state index is 10.5. The summed E-state index contributed by atoms with van der Waals surface area (Å²) in [6, 6.07) is 0.121. The van der Waals surface area contributed by atoms with Crippen LogP contribution in [0.2, 0.25) is 0 Å². The van der Waals surface area contributed by atoms with Gasteiger partial charge in [0.05, 0.1) is 6.04 Å². The molecule has 0 aliphatic carbocycles. The van der Waals surface area contributed by atoms with Gasteiger partial charge in [-0.2, -0.15) is 0 Å². The van der Waals surface area contributed by atoms with Crippen LogP contribution in [-0.2, 0) is 4.79 Å². The van der Waals surface area contributed by atoms with E-state index in [0.717, 1.165) is 44.2 Å². The summed E-state index contributed by atoms with van der Waals surface area (Å²) in [5.74, 6) is 1.51. The lowest BCUT2D eigenvalue weighted by Crippen LogP contribution is -2.44. The summed E-state index contributed by atoms with van der Waals surface area (Å²) in [6.07, 6.45) is 2.07. The van der Waals surface area contributed by atoms with Crippen LogP contribution < -0.4 is 10.6 Å². The Morgan fingerprint density at radius 3 is 2.82 bits per heavy atom. The maximum Gasteiger partial charge on any atom is 0.136 e. The number of hydrogen-bond acceptors (Lipinski definition) is 3. The third-order valence-corrected chi connectivity index (χ3v) is 2.84. The molecule has 0 aromatic heterocycles. The Morgan fingerprint density at radius 1 is 1.18 bits per heavy atom. The highest BCUT2D eigenvalue weighted by Crippen LogP contribution is 2.24. The van der Waals surface area contributed by atoms with Crippen LogP contribution in [-0.4, -0.2) is 32.0 Å². The minimum absolute atomic E-state index is 0.121. The van der Waals surface area contributed by atoms with Gasteiger partial charge in [0, 0.05) is 6.54 Å². The predicted octanol–water partition coefficient (Wildman–Crippen LogP) is -0.617. The Hall–Kier alpha value is -0.410. The Bertz CT molecular complexity index is 160. The molecule has 2 saturated heterocycles. The molecular formula is C8H14N2O. The van der Waals surface area contributed by atoms with Crippen molar-refractivity contribution in [3.05, 3.63) is 0 Å². The third-order valence-electron chi connectivity index (χ3n) is 2.84. The summed E-state index contributed by atoms with van der Waals surface area (Å²) in [5, 5.41) is 6.59. The van der Waals surface area contributed by atoms with Crippen molar-refractivity contribution in [2.45, 2.75) is 12.5 Å². The van der Waals surface area contributed by atoms with Crippen molar-refractivity contribution >= 4 is 6.29 Å². The first-order chi connectivity index (χ1) is 5.40. The number of hydrogen-bond donors (Lipinski definition) is 2. The molecule has 3 nitrogen and oxygen atoms in total. The maximum absolute atomic E-state index is 10.5. The number of piperidine rings is 1. The molecule has 2 N–H and O–H groups in total. The number of carbonyl (C=O) groups is 1. The zero-order valence-electron chi connectivity index (χ0n) is 6.55. The molecule has 0 radical (unpaired) electrons. The monoisotopic (exact) mass is 154 g/mol. The summed E-state index contributed by atoms with van der Waals surface area (Å²) in [7, 11) is 0. The second-order valence-electron chi connectivity index (χ2n) is 3.56. The standard InChI is InChI=1S/C8H14N2O/c11-5-8-1-6-2-9-3-7(6)4-10-8/h5-10H,1-4H2. The predicted molar refractivity (Wildman–Crippen MR) is 42.3 cm³/mol. The van der Waals surface area contributed by atoms with E-state index in [1.807, 2.05) is 0 Å². The first-order valence-electron chi connectivity index (χ1n) is 4.29. The molecule has 3 unspecified atom stereocenters. The van der Waals surface area contributed by atoms with E-state index >= 15 is 0 Å². The van der Waals surface area contributed by atoms with E-state index in [-0.39, 0.29) is 6.04 Å². The first kappa shape index (κ1) is 7.25. The molecule has 0 spiro atoms. The van der Waals surface area contributed by atoms with Gasteiger partial charge in [-0.05, 0) is 31.3 Å². The molecule has 0 bridgehead atoms. The van der Waals surface area contributed by atoms with Crippen LogP contribution in [0.5, 0.6) is 0 Å². The average molecular weight is 154 g/mol. The fourth-order valence-electron chi connectivity index (χ4n) is 2.12. The van der Waals surface area contributed by atoms with Crippen LogP contribution in [0.15, 0.2) is 0 Å². The third kappa shape index (κ3) is 1.30. The van der Waals surface area contributed by atoms with E-state index in [9.17, 15) is 4.79 Å². The van der Waals surface area contributed by atoms with Crippen molar-refractivity contribution in [2.24, 2.45) is 11.8 Å². The zero-order chi connectivity index (χ0) is 7.68. The van der Waals surface area contributed by atoms with Crippen LogP contribution in [0.25, 0.3) is 0 Å². The van der Waals surface area contributed by atoms with Gasteiger partial charge in [-0.15, -0.1) is 0 Å². The van der Waals surface area contributed by atoms with Crippen LogP contribution in [0.4, 0.5) is 0 Å². The second kappa shape index (κ2) is 2.91. The van der Waals surface area contributed by atoms with Crippen LogP contribution in [0, 0.1) is 11.8 Å². The number of fused-ring (bicyclic) bond motifs is 1. The fraction of sp³-hybridized carbons (Fsp3) is 0.875. The van der Waals surface area contributed by atoms with Gasteiger partial charge in [0.1, 0.15) is 6.29 Å². The van der Waals surface area contributed by atoms with Gasteiger partial charge < -0.3 is 15.4 Å². The Balaban J connectivity index is 1.96. The molecule has 0 saturated carbocycles. The minimum atomic E-state index is 0.121. The molecule has 2 heterocycles. The SMILES string of the molecule is O=CC1CC2CNCC2CN1. The molecule has 2 aliphatic rings. The topological polar surface area (TPSA) is 41.1 Å². The van der Waals surface area contributed by atoms with Gasteiger partial charge >= 0.3 is 0 Å². The van der Waals surface area contributed by atoms with Crippen molar-refractivity contribution in [2.75, 3.05) is 19.6 Å². The summed E-state index contributed by atoms with van der Waals surface area (Å²) in [5.41, 5.74) is 0. The first-order valence-corrected chi connectivity index (χ1v) is 4.29. The minimum Gasteiger partial charge on any atom is -0.316 e. The van der Waals surface area contributed by atoms with Crippen molar-refractivity contribution in [3.63, 3.8) is 0 Å². The van der Waals surface area contributed by atoms with Gasteiger partial charge in [-0.25, -0.2) is 0 Å². The summed E-state index contributed by atoms with van der Waals surface area (Å²) >= 11 is 0. The Labute approximate surface area is 66.5 Å². The normalized spacial score (nSPS) is 43.5. The van der Waals surface area contributed by atoms with Gasteiger partial charge in [0.25, 0.3) is 0 Å². The highest BCUT2D eigenvalue weighted by Gasteiger charge is 2.32. The lowest BCUT2D eigenvalue weighted by atomic mass is 9.86. The van der Waals surface area contributed by atoms with Gasteiger partial charge in [-0.3, -0.25) is 0 Å². The highest BCUT2D eigenvalue weighted by atomic mass is 16.1. The van der Waals surface area contributed by atoms with Gasteiger partial charge in [-0.1, -0.05) is 0 Å². The van der Waals surface area contributed by atoms with E-state index in [2.05, 4.69) is 10.6 Å². The molecule has 3 atom stereocenters. The smallest absolute Gasteiger partial charge is 0.136 e. The van der Waals surface area contributed by atoms with Crippen LogP contribution in [0.1, 0.15) is 6.42 Å². The number of carbonyl (C=O) groups excluding carboxylic acids is 1. The molecule has 0 aromatic rings. The summed E-state index contributed by atoms with van der Waals surface area (Å²) in [6.45, 7) is 3.25. The number of rotatable bonds is 1. The lowest BCUT2D eigenvalue weighted by molar-refractivity contribution is -0.110. The van der Waals surface area contributed by atoms with Crippen molar-refractivity contribution < 1.29 is 4.79 Å². The van der Waals surface area contributed by atoms with Crippen LogP contribution in [0.3, 0.4) is 0 Å². The number of aldehydes is 1. The molecule has 0 aromatic carbocycles. The largest absolute Gasteiger partial charge is 0.316 e. The molecule has 62 valence electrons. The van der Waals surface area contributed by atoms with E-state index in [1.54, 1.807) is 0 Å². The van der Waals surface area contributed by atoms with Crippen molar-refractivity contribution in [1.29, 1.82) is 0 Å². The number of nitrogens with one attached hydrogen (secondary N) is 2. The zero-order valence-corrected chi connectivity index (χ0v) is 6.55. The molecule has 3 heteroatoms. The average Bonchev–Trinajstić information content (AvgIpc) is 2.50. The fourth-order valence-corrected chi connectivity index (χ4v) is 2.12.